The molecular formula is C7H10IN3O. The summed E-state index contributed by atoms with van der Waals surface area (Å²) in [6.07, 6.45) is 2.42. The lowest BCUT2D eigenvalue weighted by Crippen LogP contribution is -2.04. The Hall–Kier alpha value is -0.430. The van der Waals surface area contributed by atoms with Crippen molar-refractivity contribution in [2.45, 2.75) is 6.42 Å². The van der Waals surface area contributed by atoms with Crippen LogP contribution in [0.3, 0.4) is 0 Å². The van der Waals surface area contributed by atoms with Crippen molar-refractivity contribution >= 4 is 28.4 Å². The summed E-state index contributed by atoms with van der Waals surface area (Å²) < 4.78 is 5.78. The molecule has 0 fully saturated rings. The van der Waals surface area contributed by atoms with Crippen LogP contribution in [0.2, 0.25) is 0 Å². The van der Waals surface area contributed by atoms with E-state index < -0.39 is 0 Å². The third-order valence-electron chi connectivity index (χ3n) is 1.35. The highest BCUT2D eigenvalue weighted by Gasteiger charge is 2.00. The minimum absolute atomic E-state index is 0.539. The SMILES string of the molecule is COCCc1ncc(I)c(N)n1. The van der Waals surface area contributed by atoms with Gasteiger partial charge in [-0.3, -0.25) is 0 Å². The van der Waals surface area contributed by atoms with Crippen LogP contribution >= 0.6 is 22.6 Å². The largest absolute Gasteiger partial charge is 0.384 e. The number of nitrogen functional groups attached to an aromatic ring is 1. The van der Waals surface area contributed by atoms with Gasteiger partial charge in [0.05, 0.1) is 10.2 Å². The number of hydrogen-bond donors (Lipinski definition) is 1. The minimum atomic E-state index is 0.539. The van der Waals surface area contributed by atoms with E-state index in [9.17, 15) is 0 Å². The zero-order valence-corrected chi connectivity index (χ0v) is 8.91. The van der Waals surface area contributed by atoms with Crippen LogP contribution < -0.4 is 5.73 Å². The molecule has 4 nitrogen and oxygen atoms in total. The molecule has 0 radical (unpaired) electrons. The van der Waals surface area contributed by atoms with E-state index >= 15 is 0 Å². The van der Waals surface area contributed by atoms with Crippen LogP contribution in [0.1, 0.15) is 5.82 Å². The van der Waals surface area contributed by atoms with Gasteiger partial charge in [0.2, 0.25) is 0 Å². The predicted molar refractivity (Wildman–Crippen MR) is 54.7 cm³/mol. The van der Waals surface area contributed by atoms with Crippen molar-refractivity contribution in [3.05, 3.63) is 15.6 Å². The zero-order valence-electron chi connectivity index (χ0n) is 6.75. The van der Waals surface area contributed by atoms with E-state index in [-0.39, 0.29) is 0 Å². The number of methoxy groups -OCH3 is 1. The molecule has 0 unspecified atom stereocenters. The molecule has 0 bridgehead atoms. The summed E-state index contributed by atoms with van der Waals surface area (Å²) in [4.78, 5) is 8.19. The molecule has 0 atom stereocenters. The van der Waals surface area contributed by atoms with Crippen LogP contribution in [0.4, 0.5) is 5.82 Å². The molecule has 0 amide bonds. The Labute approximate surface area is 84.7 Å². The minimum Gasteiger partial charge on any atom is -0.384 e. The van der Waals surface area contributed by atoms with Crippen molar-refractivity contribution in [1.82, 2.24) is 9.97 Å². The second-order valence-corrected chi connectivity index (χ2v) is 3.42. The first-order chi connectivity index (χ1) is 5.74. The Morgan fingerprint density at radius 3 is 3.00 bits per heavy atom. The molecule has 1 rings (SSSR count). The first-order valence-corrected chi connectivity index (χ1v) is 4.57. The fourth-order valence-corrected chi connectivity index (χ4v) is 0.992. The van der Waals surface area contributed by atoms with Gasteiger partial charge in [-0.1, -0.05) is 0 Å². The van der Waals surface area contributed by atoms with Crippen molar-refractivity contribution in [3.8, 4) is 0 Å². The van der Waals surface area contributed by atoms with Gasteiger partial charge in [0.15, 0.2) is 0 Å². The second kappa shape index (κ2) is 4.56. The van der Waals surface area contributed by atoms with Crippen LogP contribution in [0, 0.1) is 3.57 Å². The Morgan fingerprint density at radius 1 is 1.67 bits per heavy atom. The van der Waals surface area contributed by atoms with Gasteiger partial charge in [0.1, 0.15) is 11.6 Å². The van der Waals surface area contributed by atoms with E-state index in [0.29, 0.717) is 18.8 Å². The number of aromatic nitrogens is 2. The topological polar surface area (TPSA) is 61.0 Å². The molecule has 0 aliphatic carbocycles. The molecule has 66 valence electrons. The Balaban J connectivity index is 2.69. The molecule has 1 heterocycles. The molecule has 0 spiro atoms. The summed E-state index contributed by atoms with van der Waals surface area (Å²) in [5.41, 5.74) is 5.59. The van der Waals surface area contributed by atoms with Crippen LogP contribution in [0.5, 0.6) is 0 Å². The number of hydrogen-bond acceptors (Lipinski definition) is 4. The van der Waals surface area contributed by atoms with Crippen molar-refractivity contribution in [1.29, 1.82) is 0 Å². The van der Waals surface area contributed by atoms with Crippen LogP contribution in [-0.4, -0.2) is 23.7 Å². The average Bonchev–Trinajstić information content (AvgIpc) is 2.07. The second-order valence-electron chi connectivity index (χ2n) is 2.26. The first kappa shape index (κ1) is 9.66. The molecule has 0 saturated heterocycles. The van der Waals surface area contributed by atoms with E-state index in [1.54, 1.807) is 13.3 Å². The summed E-state index contributed by atoms with van der Waals surface area (Å²) in [5.74, 6) is 1.27. The van der Waals surface area contributed by atoms with E-state index in [1.807, 2.05) is 0 Å². The van der Waals surface area contributed by atoms with Gasteiger partial charge in [-0.15, -0.1) is 0 Å². The summed E-state index contributed by atoms with van der Waals surface area (Å²) in [6.45, 7) is 0.625. The third kappa shape index (κ3) is 2.56. The number of nitrogens with two attached hydrogens (primary N) is 1. The Morgan fingerprint density at radius 2 is 2.42 bits per heavy atom. The van der Waals surface area contributed by atoms with Crippen LogP contribution in [0.25, 0.3) is 0 Å². The zero-order chi connectivity index (χ0) is 8.97. The normalized spacial score (nSPS) is 10.2. The van der Waals surface area contributed by atoms with Crippen LogP contribution in [-0.2, 0) is 11.2 Å². The van der Waals surface area contributed by atoms with Gasteiger partial charge < -0.3 is 10.5 Å². The Kier molecular flexibility index (Phi) is 3.67. The lowest BCUT2D eigenvalue weighted by molar-refractivity contribution is 0.200. The summed E-state index contributed by atoms with van der Waals surface area (Å²) in [5, 5.41) is 0. The molecule has 0 aliphatic heterocycles. The van der Waals surface area contributed by atoms with Gasteiger partial charge in [0, 0.05) is 19.7 Å². The highest BCUT2D eigenvalue weighted by Crippen LogP contribution is 2.09. The molecule has 0 aromatic carbocycles. The first-order valence-electron chi connectivity index (χ1n) is 3.50. The molecule has 1 aromatic rings. The van der Waals surface area contributed by atoms with Gasteiger partial charge in [-0.25, -0.2) is 9.97 Å². The van der Waals surface area contributed by atoms with Gasteiger partial charge in [-0.2, -0.15) is 0 Å². The molecular weight excluding hydrogens is 269 g/mol. The van der Waals surface area contributed by atoms with E-state index in [4.69, 9.17) is 10.5 Å². The summed E-state index contributed by atoms with van der Waals surface area (Å²) >= 11 is 2.10. The molecule has 12 heavy (non-hydrogen) atoms. The van der Waals surface area contributed by atoms with Gasteiger partial charge in [0.25, 0.3) is 0 Å². The average molecular weight is 279 g/mol. The monoisotopic (exact) mass is 279 g/mol. The number of rotatable bonds is 3. The van der Waals surface area contributed by atoms with Crippen molar-refractivity contribution in [3.63, 3.8) is 0 Å². The van der Waals surface area contributed by atoms with Crippen LogP contribution in [0.15, 0.2) is 6.20 Å². The number of anilines is 1. The lowest BCUT2D eigenvalue weighted by Gasteiger charge is -2.00. The number of halogens is 1. The fraction of sp³-hybridized carbons (Fsp3) is 0.429. The van der Waals surface area contributed by atoms with Crippen molar-refractivity contribution in [2.75, 3.05) is 19.5 Å². The highest BCUT2D eigenvalue weighted by atomic mass is 127. The maximum Gasteiger partial charge on any atom is 0.140 e. The smallest absolute Gasteiger partial charge is 0.140 e. The van der Waals surface area contributed by atoms with Gasteiger partial charge in [-0.05, 0) is 22.6 Å². The molecule has 0 aliphatic rings. The molecule has 1 aromatic heterocycles. The molecule has 2 N–H and O–H groups in total. The highest BCUT2D eigenvalue weighted by molar-refractivity contribution is 14.1. The van der Waals surface area contributed by atoms with Gasteiger partial charge >= 0.3 is 0 Å². The van der Waals surface area contributed by atoms with Crippen molar-refractivity contribution in [2.24, 2.45) is 0 Å². The van der Waals surface area contributed by atoms with Crippen molar-refractivity contribution < 1.29 is 4.74 Å². The predicted octanol–water partition coefficient (Wildman–Crippen LogP) is 0.852. The van der Waals surface area contributed by atoms with E-state index in [1.165, 1.54) is 0 Å². The quantitative estimate of drug-likeness (QED) is 0.833. The lowest BCUT2D eigenvalue weighted by atomic mass is 10.4. The molecule has 5 heteroatoms. The maximum atomic E-state index is 5.59. The van der Waals surface area contributed by atoms with E-state index in [0.717, 1.165) is 9.39 Å². The maximum absolute atomic E-state index is 5.59. The number of ether oxygens (including phenoxy) is 1. The standard InChI is InChI=1S/C7H10IN3O/c1-12-3-2-6-10-4-5(8)7(9)11-6/h4H,2-3H2,1H3,(H2,9,10,11). The third-order valence-corrected chi connectivity index (χ3v) is 2.18. The Bertz CT molecular complexity index is 267. The fourth-order valence-electron chi connectivity index (χ4n) is 0.732. The summed E-state index contributed by atoms with van der Waals surface area (Å²) in [6, 6.07) is 0. The van der Waals surface area contributed by atoms with E-state index in [2.05, 4.69) is 32.6 Å². The molecule has 0 saturated carbocycles. The summed E-state index contributed by atoms with van der Waals surface area (Å²) in [7, 11) is 1.65. The number of nitrogens with zero attached hydrogens (tertiary/aromatic N) is 2.